The average Bonchev–Trinajstić information content (AvgIpc) is 3.58. The Morgan fingerprint density at radius 1 is 1.18 bits per heavy atom. The molecule has 1 fully saturated rings. The SMILES string of the molecule is Cc1cc([C@@H](C)Nc2ccc(Cl)nc2C(=O)NS(C)(=O)=O)c2nc(N3Cc4cn(CC(F)(F)F)nc4C3)n(C3CC3)c(=O)c2c1. The summed E-state index contributed by atoms with van der Waals surface area (Å²) >= 11 is 6.01. The van der Waals surface area contributed by atoms with Gasteiger partial charge in [-0.2, -0.15) is 18.3 Å². The standard InChI is InChI=1S/C28H28ClF3N8O4S/c1-14-8-18(15(2)33-20-6-7-22(29)34-24(20)25(41)37-45(3,43)44)23-19(9-14)26(42)40(17-4-5-17)27(35-23)38-10-16-11-39(13-28(30,31)32)36-21(16)12-38/h6-9,11,15,17,33H,4-5,10,12-13H2,1-3H3,(H,37,41)/t15-/m1/s1. The number of carbonyl (C=O) groups is 1. The number of amides is 1. The lowest BCUT2D eigenvalue weighted by atomic mass is 10.0. The largest absolute Gasteiger partial charge is 0.408 e. The minimum absolute atomic E-state index is 0.0172. The number of hydrogen-bond acceptors (Lipinski definition) is 9. The Bertz CT molecular complexity index is 2000. The van der Waals surface area contributed by atoms with Crippen molar-refractivity contribution in [2.24, 2.45) is 0 Å². The van der Waals surface area contributed by atoms with Crippen molar-refractivity contribution in [3.05, 3.63) is 74.0 Å². The fourth-order valence-corrected chi connectivity index (χ4v) is 6.13. The number of alkyl halides is 3. The van der Waals surface area contributed by atoms with E-state index in [1.165, 1.54) is 18.3 Å². The van der Waals surface area contributed by atoms with E-state index in [1.54, 1.807) is 17.6 Å². The molecule has 0 saturated heterocycles. The molecule has 1 atom stereocenters. The fourth-order valence-electron chi connectivity index (χ4n) is 5.55. The quantitative estimate of drug-likeness (QED) is 0.265. The summed E-state index contributed by atoms with van der Waals surface area (Å²) in [6.07, 6.45) is -0.574. The number of nitrogens with one attached hydrogen (secondary N) is 2. The van der Waals surface area contributed by atoms with Gasteiger partial charge < -0.3 is 10.2 Å². The van der Waals surface area contributed by atoms with Gasteiger partial charge in [-0.05, 0) is 50.5 Å². The Hall–Kier alpha value is -4.18. The van der Waals surface area contributed by atoms with Gasteiger partial charge in [-0.3, -0.25) is 18.8 Å². The van der Waals surface area contributed by atoms with Crippen molar-refractivity contribution < 1.29 is 26.4 Å². The molecule has 1 aromatic carbocycles. The van der Waals surface area contributed by atoms with Crippen LogP contribution in [0.2, 0.25) is 5.15 Å². The van der Waals surface area contributed by atoms with E-state index in [1.807, 2.05) is 22.6 Å². The van der Waals surface area contributed by atoms with Crippen molar-refractivity contribution in [1.29, 1.82) is 0 Å². The third kappa shape index (κ3) is 6.47. The first-order valence-electron chi connectivity index (χ1n) is 13.9. The maximum Gasteiger partial charge on any atom is 0.408 e. The maximum absolute atomic E-state index is 14.0. The number of rotatable bonds is 8. The van der Waals surface area contributed by atoms with Crippen molar-refractivity contribution >= 4 is 50.1 Å². The smallest absolute Gasteiger partial charge is 0.377 e. The molecular formula is C28H28ClF3N8O4S. The van der Waals surface area contributed by atoms with Gasteiger partial charge >= 0.3 is 6.18 Å². The van der Waals surface area contributed by atoms with E-state index in [0.717, 1.165) is 29.3 Å². The lowest BCUT2D eigenvalue weighted by molar-refractivity contribution is -0.142. The monoisotopic (exact) mass is 664 g/mol. The van der Waals surface area contributed by atoms with Crippen LogP contribution in [0.3, 0.4) is 0 Å². The zero-order valence-corrected chi connectivity index (χ0v) is 25.9. The molecule has 2 aliphatic rings. The van der Waals surface area contributed by atoms with E-state index in [0.29, 0.717) is 33.7 Å². The Labute approximate surface area is 260 Å². The van der Waals surface area contributed by atoms with E-state index in [4.69, 9.17) is 16.6 Å². The van der Waals surface area contributed by atoms with Gasteiger partial charge in [0.25, 0.3) is 11.5 Å². The molecule has 1 aliphatic carbocycles. The molecule has 0 radical (unpaired) electrons. The first-order valence-corrected chi connectivity index (χ1v) is 16.2. The molecule has 4 aromatic rings. The molecule has 0 spiro atoms. The lowest BCUT2D eigenvalue weighted by Gasteiger charge is -2.24. The topological polar surface area (TPSA) is 144 Å². The Kier molecular flexibility index (Phi) is 7.54. The molecule has 1 amide bonds. The van der Waals surface area contributed by atoms with Crippen molar-refractivity contribution in [2.75, 3.05) is 16.5 Å². The number of fused-ring (bicyclic) bond motifs is 2. The van der Waals surface area contributed by atoms with Crippen LogP contribution in [0, 0.1) is 6.92 Å². The van der Waals surface area contributed by atoms with Gasteiger partial charge in [0.1, 0.15) is 11.7 Å². The van der Waals surface area contributed by atoms with Gasteiger partial charge in [-0.25, -0.2) is 23.1 Å². The number of aromatic nitrogens is 5. The third-order valence-electron chi connectivity index (χ3n) is 7.52. The van der Waals surface area contributed by atoms with Crippen LogP contribution in [-0.2, 0) is 29.7 Å². The number of sulfonamides is 1. The van der Waals surface area contributed by atoms with Gasteiger partial charge in [0.05, 0.1) is 41.1 Å². The van der Waals surface area contributed by atoms with E-state index in [2.05, 4.69) is 15.4 Å². The molecule has 12 nitrogen and oxygen atoms in total. The highest BCUT2D eigenvalue weighted by Crippen LogP contribution is 2.39. The predicted octanol–water partition coefficient (Wildman–Crippen LogP) is 4.23. The van der Waals surface area contributed by atoms with Crippen LogP contribution >= 0.6 is 11.6 Å². The highest BCUT2D eigenvalue weighted by Gasteiger charge is 2.35. The van der Waals surface area contributed by atoms with Crippen molar-refractivity contribution in [3.63, 3.8) is 0 Å². The minimum Gasteiger partial charge on any atom is -0.377 e. The first-order chi connectivity index (χ1) is 21.1. The van der Waals surface area contributed by atoms with E-state index in [9.17, 15) is 31.2 Å². The van der Waals surface area contributed by atoms with Gasteiger partial charge in [0, 0.05) is 29.9 Å². The molecule has 0 unspecified atom stereocenters. The molecule has 45 heavy (non-hydrogen) atoms. The number of pyridine rings is 1. The van der Waals surface area contributed by atoms with E-state index >= 15 is 0 Å². The molecule has 6 rings (SSSR count). The second kappa shape index (κ2) is 11.0. The summed E-state index contributed by atoms with van der Waals surface area (Å²) in [5.74, 6) is -0.573. The molecule has 2 N–H and O–H groups in total. The number of aryl methyl sites for hydroxylation is 1. The molecule has 238 valence electrons. The fraction of sp³-hybridized carbons (Fsp3) is 0.393. The van der Waals surface area contributed by atoms with Gasteiger partial charge in [0.15, 0.2) is 5.69 Å². The average molecular weight is 665 g/mol. The number of anilines is 2. The van der Waals surface area contributed by atoms with Crippen molar-refractivity contribution in [3.8, 4) is 0 Å². The van der Waals surface area contributed by atoms with Gasteiger partial charge in [-0.1, -0.05) is 17.7 Å². The second-order valence-electron chi connectivity index (χ2n) is 11.4. The van der Waals surface area contributed by atoms with Gasteiger partial charge in [-0.15, -0.1) is 0 Å². The third-order valence-corrected chi connectivity index (χ3v) is 8.28. The highest BCUT2D eigenvalue weighted by molar-refractivity contribution is 7.89. The lowest BCUT2D eigenvalue weighted by Crippen LogP contribution is -2.31. The first kappa shape index (κ1) is 30.8. The Balaban J connectivity index is 1.39. The van der Waals surface area contributed by atoms with E-state index < -0.39 is 34.7 Å². The zero-order chi connectivity index (χ0) is 32.4. The normalized spacial score (nSPS) is 15.8. The summed E-state index contributed by atoms with van der Waals surface area (Å²) in [6.45, 7) is 2.88. The summed E-state index contributed by atoms with van der Waals surface area (Å²) in [5, 5.41) is 7.69. The number of hydrogen-bond donors (Lipinski definition) is 2. The summed E-state index contributed by atoms with van der Waals surface area (Å²) in [6, 6.07) is 5.97. The second-order valence-corrected chi connectivity index (χ2v) is 13.6. The van der Waals surface area contributed by atoms with Crippen LogP contribution < -0.4 is 20.5 Å². The molecular weight excluding hydrogens is 637 g/mol. The van der Waals surface area contributed by atoms with Crippen LogP contribution in [0.1, 0.15) is 64.7 Å². The minimum atomic E-state index is -4.40. The summed E-state index contributed by atoms with van der Waals surface area (Å²) in [5.41, 5.74) is 2.69. The maximum atomic E-state index is 14.0. The summed E-state index contributed by atoms with van der Waals surface area (Å²) in [7, 11) is -3.88. The molecule has 17 heteroatoms. The number of nitrogens with zero attached hydrogens (tertiary/aromatic N) is 6. The molecule has 3 aromatic heterocycles. The van der Waals surface area contributed by atoms with Crippen LogP contribution in [0.15, 0.2) is 35.3 Å². The summed E-state index contributed by atoms with van der Waals surface area (Å²) in [4.78, 5) is 37.6. The molecule has 0 bridgehead atoms. The van der Waals surface area contributed by atoms with E-state index in [-0.39, 0.29) is 41.2 Å². The molecule has 4 heterocycles. The van der Waals surface area contributed by atoms with Crippen LogP contribution in [0.25, 0.3) is 10.9 Å². The van der Waals surface area contributed by atoms with Crippen LogP contribution in [0.4, 0.5) is 24.8 Å². The molecule has 1 saturated carbocycles. The summed E-state index contributed by atoms with van der Waals surface area (Å²) < 4.78 is 66.6. The highest BCUT2D eigenvalue weighted by atomic mass is 35.5. The number of carbonyl (C=O) groups excluding carboxylic acids is 1. The van der Waals surface area contributed by atoms with Crippen molar-refractivity contribution in [1.82, 2.24) is 29.0 Å². The van der Waals surface area contributed by atoms with Crippen LogP contribution in [-0.4, -0.2) is 51.1 Å². The predicted molar refractivity (Wildman–Crippen MR) is 161 cm³/mol. The zero-order valence-electron chi connectivity index (χ0n) is 24.3. The molecule has 1 aliphatic heterocycles. The van der Waals surface area contributed by atoms with Gasteiger partial charge in [0.2, 0.25) is 16.0 Å². The van der Waals surface area contributed by atoms with Crippen LogP contribution in [0.5, 0.6) is 0 Å². The number of halogens is 4. The Morgan fingerprint density at radius 3 is 2.56 bits per heavy atom. The number of benzene rings is 1. The Morgan fingerprint density at radius 2 is 1.91 bits per heavy atom. The van der Waals surface area contributed by atoms with Crippen molar-refractivity contribution in [2.45, 2.75) is 64.6 Å².